The van der Waals surface area contributed by atoms with Crippen LogP contribution in [-0.4, -0.2) is 34.4 Å². The summed E-state index contributed by atoms with van der Waals surface area (Å²) in [5, 5.41) is 9.70. The molecule has 1 aromatic heterocycles. The maximum atomic E-state index is 11.4. The number of nitrogens with zero attached hydrogens (tertiary/aromatic N) is 1. The van der Waals surface area contributed by atoms with Gasteiger partial charge in [-0.05, 0) is 29.9 Å². The van der Waals surface area contributed by atoms with E-state index in [2.05, 4.69) is 4.98 Å². The molecule has 1 rings (SSSR count). The second kappa shape index (κ2) is 7.99. The summed E-state index contributed by atoms with van der Waals surface area (Å²) < 4.78 is 4.71. The van der Waals surface area contributed by atoms with E-state index in [1.165, 1.54) is 21.6 Å². The molecule has 18 heavy (non-hydrogen) atoms. The van der Waals surface area contributed by atoms with Gasteiger partial charge in [0.2, 0.25) is 0 Å². The fourth-order valence-corrected chi connectivity index (χ4v) is 3.15. The Balaban J connectivity index is 2.43. The molecule has 0 aromatic carbocycles. The van der Waals surface area contributed by atoms with Gasteiger partial charge in [-0.15, -0.1) is 0 Å². The molecule has 7 heteroatoms. The Morgan fingerprint density at radius 2 is 2.28 bits per heavy atom. The van der Waals surface area contributed by atoms with E-state index in [-0.39, 0.29) is 12.4 Å². The summed E-state index contributed by atoms with van der Waals surface area (Å²) in [6.45, 7) is 1.83. The van der Waals surface area contributed by atoms with Gasteiger partial charge in [0, 0.05) is 11.9 Å². The Hall–Kier alpha value is -1.21. The normalized spacial score (nSPS) is 11.8. The van der Waals surface area contributed by atoms with Crippen molar-refractivity contribution >= 4 is 33.5 Å². The maximum Gasteiger partial charge on any atom is 0.321 e. The third-order valence-corrected chi connectivity index (χ3v) is 4.16. The smallest absolute Gasteiger partial charge is 0.321 e. The number of carbonyl (C=O) groups is 2. The van der Waals surface area contributed by atoms with Crippen molar-refractivity contribution in [3.05, 3.63) is 24.4 Å². The van der Waals surface area contributed by atoms with Crippen molar-refractivity contribution in [1.29, 1.82) is 0 Å². The average Bonchev–Trinajstić information content (AvgIpc) is 2.35. The van der Waals surface area contributed by atoms with Gasteiger partial charge in [-0.25, -0.2) is 4.98 Å². The minimum atomic E-state index is -1.16. The van der Waals surface area contributed by atoms with Gasteiger partial charge in [0.1, 0.15) is 5.03 Å². The molecule has 0 aliphatic heterocycles. The highest BCUT2D eigenvalue weighted by Crippen LogP contribution is 2.30. The predicted molar refractivity (Wildman–Crippen MR) is 70.3 cm³/mol. The Labute approximate surface area is 113 Å². The summed E-state index contributed by atoms with van der Waals surface area (Å²) in [6.07, 6.45) is 1.66. The lowest BCUT2D eigenvalue weighted by Gasteiger charge is -2.09. The van der Waals surface area contributed by atoms with Crippen molar-refractivity contribution in [1.82, 2.24) is 4.98 Å². The Morgan fingerprint density at radius 1 is 1.50 bits per heavy atom. The van der Waals surface area contributed by atoms with Crippen LogP contribution in [0.5, 0.6) is 0 Å². The molecule has 1 N–H and O–H groups in total. The molecule has 1 aromatic rings. The van der Waals surface area contributed by atoms with Crippen LogP contribution in [0.2, 0.25) is 0 Å². The average molecular weight is 287 g/mol. The van der Waals surface area contributed by atoms with Crippen molar-refractivity contribution in [3.8, 4) is 0 Å². The Kier molecular flexibility index (Phi) is 6.59. The number of carboxylic acids is 1. The number of carbonyl (C=O) groups excluding carboxylic acids is 1. The first-order chi connectivity index (χ1) is 8.65. The lowest BCUT2D eigenvalue weighted by Crippen LogP contribution is -2.27. The third-order valence-electron chi connectivity index (χ3n) is 1.89. The van der Waals surface area contributed by atoms with Crippen LogP contribution in [0.15, 0.2) is 29.4 Å². The van der Waals surface area contributed by atoms with Gasteiger partial charge in [-0.2, -0.15) is 0 Å². The van der Waals surface area contributed by atoms with E-state index in [0.29, 0.717) is 0 Å². The van der Waals surface area contributed by atoms with Crippen molar-refractivity contribution in [2.24, 2.45) is 5.92 Å². The molecule has 0 aliphatic carbocycles. The Morgan fingerprint density at radius 3 is 2.83 bits per heavy atom. The first kappa shape index (κ1) is 14.8. The van der Waals surface area contributed by atoms with Gasteiger partial charge >= 0.3 is 11.9 Å². The van der Waals surface area contributed by atoms with E-state index in [1.54, 1.807) is 19.2 Å². The van der Waals surface area contributed by atoms with E-state index in [1.807, 2.05) is 12.1 Å². The second-order valence-electron chi connectivity index (χ2n) is 3.18. The van der Waals surface area contributed by atoms with Gasteiger partial charge in [0.15, 0.2) is 5.92 Å². The zero-order chi connectivity index (χ0) is 13.4. The molecule has 1 heterocycles. The molecule has 0 spiro atoms. The zero-order valence-corrected chi connectivity index (χ0v) is 11.4. The van der Waals surface area contributed by atoms with Gasteiger partial charge in [-0.3, -0.25) is 9.59 Å². The molecular weight excluding hydrogens is 274 g/mol. The number of aromatic nitrogens is 1. The fourth-order valence-electron chi connectivity index (χ4n) is 1.04. The van der Waals surface area contributed by atoms with Gasteiger partial charge in [-0.1, -0.05) is 16.9 Å². The van der Waals surface area contributed by atoms with E-state index in [0.717, 1.165) is 5.03 Å². The molecule has 0 radical (unpaired) electrons. The van der Waals surface area contributed by atoms with Gasteiger partial charge < -0.3 is 9.84 Å². The van der Waals surface area contributed by atoms with Crippen LogP contribution in [-0.2, 0) is 14.3 Å². The molecule has 0 bridgehead atoms. The topological polar surface area (TPSA) is 76.5 Å². The van der Waals surface area contributed by atoms with Crippen molar-refractivity contribution in [2.75, 3.05) is 12.4 Å². The summed E-state index contributed by atoms with van der Waals surface area (Å²) in [6, 6.07) is 5.46. The molecule has 0 aliphatic rings. The molecule has 0 amide bonds. The number of hydrogen-bond donors (Lipinski definition) is 1. The summed E-state index contributed by atoms with van der Waals surface area (Å²) in [7, 11) is 2.61. The highest BCUT2D eigenvalue weighted by molar-refractivity contribution is 8.76. The van der Waals surface area contributed by atoms with Crippen LogP contribution in [0, 0.1) is 5.92 Å². The highest BCUT2D eigenvalue weighted by Gasteiger charge is 2.27. The molecule has 0 fully saturated rings. The molecule has 5 nitrogen and oxygen atoms in total. The van der Waals surface area contributed by atoms with Crippen molar-refractivity contribution in [2.45, 2.75) is 11.9 Å². The summed E-state index contributed by atoms with van der Waals surface area (Å²) in [5.41, 5.74) is 0. The number of esters is 1. The van der Waals surface area contributed by atoms with E-state index >= 15 is 0 Å². The minimum absolute atomic E-state index is 0.148. The Bertz CT molecular complexity index is 399. The first-order valence-corrected chi connectivity index (χ1v) is 7.57. The monoisotopic (exact) mass is 287 g/mol. The minimum Gasteiger partial charge on any atom is -0.481 e. The SMILES string of the molecule is CCOC(=O)C(CSSc1ccccn1)C(=O)O. The van der Waals surface area contributed by atoms with Gasteiger partial charge in [0.25, 0.3) is 0 Å². The van der Waals surface area contributed by atoms with Crippen LogP contribution >= 0.6 is 21.6 Å². The summed E-state index contributed by atoms with van der Waals surface area (Å²) >= 11 is 0. The molecular formula is C11H13NO4S2. The maximum absolute atomic E-state index is 11.4. The lowest BCUT2D eigenvalue weighted by atomic mass is 10.2. The summed E-state index contributed by atoms with van der Waals surface area (Å²) in [5.74, 6) is -2.84. The predicted octanol–water partition coefficient (Wildman–Crippen LogP) is 2.09. The fraction of sp³-hybridized carbons (Fsp3) is 0.364. The largest absolute Gasteiger partial charge is 0.481 e. The van der Waals surface area contributed by atoms with Crippen LogP contribution < -0.4 is 0 Å². The molecule has 98 valence electrons. The van der Waals surface area contributed by atoms with Gasteiger partial charge in [0.05, 0.1) is 6.61 Å². The van der Waals surface area contributed by atoms with Crippen LogP contribution in [0.1, 0.15) is 6.92 Å². The van der Waals surface area contributed by atoms with E-state index in [9.17, 15) is 9.59 Å². The number of pyridine rings is 1. The number of aliphatic carboxylic acids is 1. The number of rotatable bonds is 7. The van der Waals surface area contributed by atoms with Crippen LogP contribution in [0.3, 0.4) is 0 Å². The third kappa shape index (κ3) is 4.97. The van der Waals surface area contributed by atoms with Crippen molar-refractivity contribution in [3.63, 3.8) is 0 Å². The first-order valence-electron chi connectivity index (χ1n) is 5.25. The number of hydrogen-bond acceptors (Lipinski definition) is 6. The lowest BCUT2D eigenvalue weighted by molar-refractivity contribution is -0.157. The zero-order valence-electron chi connectivity index (χ0n) is 9.74. The number of ether oxygens (including phenoxy) is 1. The van der Waals surface area contributed by atoms with Crippen LogP contribution in [0.25, 0.3) is 0 Å². The van der Waals surface area contributed by atoms with E-state index < -0.39 is 17.9 Å². The standard InChI is InChI=1S/C11H13NO4S2/c1-2-16-11(15)8(10(13)14)7-17-18-9-5-3-4-6-12-9/h3-6,8H,2,7H2,1H3,(H,13,14). The number of carboxylic acid groups (broad SMARTS) is 1. The quantitative estimate of drug-likeness (QED) is 0.467. The summed E-state index contributed by atoms with van der Waals surface area (Å²) in [4.78, 5) is 26.4. The second-order valence-corrected chi connectivity index (χ2v) is 5.54. The molecule has 1 unspecified atom stereocenters. The highest BCUT2D eigenvalue weighted by atomic mass is 33.1. The van der Waals surface area contributed by atoms with Crippen LogP contribution in [0.4, 0.5) is 0 Å². The molecule has 1 atom stereocenters. The molecule has 0 saturated carbocycles. The molecule has 0 saturated heterocycles. The van der Waals surface area contributed by atoms with Crippen molar-refractivity contribution < 1.29 is 19.4 Å². The van der Waals surface area contributed by atoms with E-state index in [4.69, 9.17) is 9.84 Å².